The number of nitrogens with two attached hydrogens (primary N) is 1. The predicted molar refractivity (Wildman–Crippen MR) is 68.1 cm³/mol. The lowest BCUT2D eigenvalue weighted by Gasteiger charge is -2.12. The maximum atomic E-state index is 11.0. The molecule has 0 saturated carbocycles. The zero-order valence-corrected chi connectivity index (χ0v) is 10.3. The van der Waals surface area contributed by atoms with E-state index in [1.54, 1.807) is 12.1 Å². The third-order valence-corrected chi connectivity index (χ3v) is 2.70. The molecule has 0 heterocycles. The molecule has 0 aliphatic heterocycles. The number of hydrogen-bond acceptors (Lipinski definition) is 4. The summed E-state index contributed by atoms with van der Waals surface area (Å²) in [5, 5.41) is 13.5. The summed E-state index contributed by atoms with van der Waals surface area (Å²) < 4.78 is 0. The summed E-state index contributed by atoms with van der Waals surface area (Å²) >= 11 is 0. The van der Waals surface area contributed by atoms with Crippen LogP contribution in [-0.2, 0) is 11.2 Å². The van der Waals surface area contributed by atoms with Gasteiger partial charge in [-0.15, -0.1) is 0 Å². The average molecular weight is 251 g/mol. The van der Waals surface area contributed by atoms with Crippen LogP contribution in [0, 0.1) is 10.1 Å². The Bertz CT molecular complexity index is 417. The van der Waals surface area contributed by atoms with E-state index in [4.69, 9.17) is 5.73 Å². The molecule has 1 unspecified atom stereocenters. The number of nitrogens with one attached hydrogen (secondary N) is 1. The monoisotopic (exact) mass is 251 g/mol. The molecule has 0 aromatic heterocycles. The molecule has 3 N–H and O–H groups in total. The third kappa shape index (κ3) is 4.14. The topological polar surface area (TPSA) is 98.3 Å². The highest BCUT2D eigenvalue weighted by Crippen LogP contribution is 2.11. The molecule has 1 rings (SSSR count). The number of benzene rings is 1. The minimum absolute atomic E-state index is 0.0790. The van der Waals surface area contributed by atoms with Crippen LogP contribution in [0.1, 0.15) is 18.9 Å². The zero-order chi connectivity index (χ0) is 13.5. The van der Waals surface area contributed by atoms with Crippen LogP contribution in [0.25, 0.3) is 0 Å². The summed E-state index contributed by atoms with van der Waals surface area (Å²) in [5.41, 5.74) is 6.26. The van der Waals surface area contributed by atoms with Crippen molar-refractivity contribution in [1.29, 1.82) is 0 Å². The van der Waals surface area contributed by atoms with Crippen LogP contribution in [-0.4, -0.2) is 23.4 Å². The van der Waals surface area contributed by atoms with E-state index in [9.17, 15) is 14.9 Å². The van der Waals surface area contributed by atoms with Crippen molar-refractivity contribution in [3.05, 3.63) is 39.9 Å². The number of nitrogens with zero attached hydrogens (tertiary/aromatic N) is 1. The molecule has 1 aromatic rings. The highest BCUT2D eigenvalue weighted by molar-refractivity contribution is 5.79. The van der Waals surface area contributed by atoms with Crippen molar-refractivity contribution in [2.45, 2.75) is 25.8 Å². The molecule has 0 fully saturated rings. The second kappa shape index (κ2) is 6.70. The van der Waals surface area contributed by atoms with Gasteiger partial charge in [0.25, 0.3) is 5.69 Å². The molecule has 1 aromatic carbocycles. The molecular formula is C12H17N3O3. The number of nitro benzene ring substituents is 1. The van der Waals surface area contributed by atoms with E-state index in [0.717, 1.165) is 5.56 Å². The fraction of sp³-hybridized carbons (Fsp3) is 0.417. The number of primary amides is 1. The Balaban J connectivity index is 2.44. The van der Waals surface area contributed by atoms with Crippen molar-refractivity contribution < 1.29 is 9.72 Å². The first-order chi connectivity index (χ1) is 8.54. The summed E-state index contributed by atoms with van der Waals surface area (Å²) in [5.74, 6) is -0.360. The van der Waals surface area contributed by atoms with E-state index in [0.29, 0.717) is 19.4 Å². The number of carbonyl (C=O) groups is 1. The summed E-state index contributed by atoms with van der Waals surface area (Å²) in [6.45, 7) is 2.49. The Labute approximate surface area is 105 Å². The van der Waals surface area contributed by atoms with E-state index < -0.39 is 4.92 Å². The lowest BCUT2D eigenvalue weighted by atomic mass is 10.1. The van der Waals surface area contributed by atoms with Gasteiger partial charge in [0.15, 0.2) is 0 Å². The van der Waals surface area contributed by atoms with Gasteiger partial charge in [0.05, 0.1) is 11.0 Å². The Morgan fingerprint density at radius 2 is 2.06 bits per heavy atom. The molecule has 0 aliphatic rings. The van der Waals surface area contributed by atoms with Crippen LogP contribution < -0.4 is 11.1 Å². The molecule has 98 valence electrons. The van der Waals surface area contributed by atoms with Crippen LogP contribution >= 0.6 is 0 Å². The minimum Gasteiger partial charge on any atom is -0.368 e. The van der Waals surface area contributed by atoms with Crippen molar-refractivity contribution in [1.82, 2.24) is 5.32 Å². The normalized spacial score (nSPS) is 12.1. The van der Waals surface area contributed by atoms with Gasteiger partial charge in [0, 0.05) is 12.1 Å². The third-order valence-electron chi connectivity index (χ3n) is 2.70. The number of nitro groups is 1. The molecule has 0 bridgehead atoms. The number of carbonyl (C=O) groups excluding carboxylic acids is 1. The molecular weight excluding hydrogens is 234 g/mol. The van der Waals surface area contributed by atoms with Gasteiger partial charge >= 0.3 is 0 Å². The molecule has 0 saturated heterocycles. The quantitative estimate of drug-likeness (QED) is 0.557. The van der Waals surface area contributed by atoms with Gasteiger partial charge in [0.2, 0.25) is 5.91 Å². The summed E-state index contributed by atoms with van der Waals surface area (Å²) in [4.78, 5) is 21.0. The summed E-state index contributed by atoms with van der Waals surface area (Å²) in [6.07, 6.45) is 1.34. The molecule has 0 spiro atoms. The Kier molecular flexibility index (Phi) is 5.26. The number of hydrogen-bond donors (Lipinski definition) is 2. The maximum Gasteiger partial charge on any atom is 0.269 e. The minimum atomic E-state index is -0.428. The molecule has 0 aliphatic carbocycles. The van der Waals surface area contributed by atoms with Crippen LogP contribution in [0.15, 0.2) is 24.3 Å². The number of amides is 1. The van der Waals surface area contributed by atoms with E-state index in [2.05, 4.69) is 5.32 Å². The predicted octanol–water partition coefficient (Wildman–Crippen LogP) is 0.991. The van der Waals surface area contributed by atoms with Gasteiger partial charge in [-0.25, -0.2) is 0 Å². The van der Waals surface area contributed by atoms with Crippen molar-refractivity contribution in [2.75, 3.05) is 6.54 Å². The molecule has 18 heavy (non-hydrogen) atoms. The van der Waals surface area contributed by atoms with Gasteiger partial charge in [-0.05, 0) is 24.9 Å². The SMILES string of the molecule is CCC(NCCc1ccc([N+](=O)[O-])cc1)C(N)=O. The first kappa shape index (κ1) is 14.1. The van der Waals surface area contributed by atoms with Crippen LogP contribution in [0.4, 0.5) is 5.69 Å². The standard InChI is InChI=1S/C12H17N3O3/c1-2-11(12(13)16)14-8-7-9-3-5-10(6-4-9)15(17)18/h3-6,11,14H,2,7-8H2,1H3,(H2,13,16). The number of rotatable bonds is 7. The van der Waals surface area contributed by atoms with E-state index >= 15 is 0 Å². The maximum absolute atomic E-state index is 11.0. The van der Waals surface area contributed by atoms with Crippen molar-refractivity contribution >= 4 is 11.6 Å². The van der Waals surface area contributed by atoms with Gasteiger partial charge in [-0.2, -0.15) is 0 Å². The van der Waals surface area contributed by atoms with Crippen molar-refractivity contribution in [2.24, 2.45) is 5.73 Å². The van der Waals surface area contributed by atoms with Crippen LogP contribution in [0.3, 0.4) is 0 Å². The summed E-state index contributed by atoms with van der Waals surface area (Å²) in [7, 11) is 0. The van der Waals surface area contributed by atoms with Crippen LogP contribution in [0.5, 0.6) is 0 Å². The van der Waals surface area contributed by atoms with Crippen molar-refractivity contribution in [3.8, 4) is 0 Å². The molecule has 6 heteroatoms. The molecule has 0 radical (unpaired) electrons. The lowest BCUT2D eigenvalue weighted by molar-refractivity contribution is -0.384. The van der Waals surface area contributed by atoms with Gasteiger partial charge in [-0.3, -0.25) is 14.9 Å². The van der Waals surface area contributed by atoms with Gasteiger partial charge < -0.3 is 11.1 Å². The highest BCUT2D eigenvalue weighted by Gasteiger charge is 2.11. The second-order valence-electron chi connectivity index (χ2n) is 3.99. The average Bonchev–Trinajstić information content (AvgIpc) is 2.34. The largest absolute Gasteiger partial charge is 0.368 e. The Hall–Kier alpha value is -1.95. The lowest BCUT2D eigenvalue weighted by Crippen LogP contribution is -2.41. The molecule has 6 nitrogen and oxygen atoms in total. The first-order valence-corrected chi connectivity index (χ1v) is 5.80. The van der Waals surface area contributed by atoms with Crippen LogP contribution in [0.2, 0.25) is 0 Å². The smallest absolute Gasteiger partial charge is 0.269 e. The van der Waals surface area contributed by atoms with E-state index in [1.165, 1.54) is 12.1 Å². The fourth-order valence-electron chi connectivity index (χ4n) is 1.62. The van der Waals surface area contributed by atoms with E-state index in [-0.39, 0.29) is 17.6 Å². The Morgan fingerprint density at radius 3 is 2.50 bits per heavy atom. The number of non-ortho nitro benzene ring substituents is 1. The highest BCUT2D eigenvalue weighted by atomic mass is 16.6. The fourth-order valence-corrected chi connectivity index (χ4v) is 1.62. The van der Waals surface area contributed by atoms with Gasteiger partial charge in [-0.1, -0.05) is 19.1 Å². The summed E-state index contributed by atoms with van der Waals surface area (Å²) in [6, 6.07) is 6.06. The second-order valence-corrected chi connectivity index (χ2v) is 3.99. The zero-order valence-electron chi connectivity index (χ0n) is 10.3. The Morgan fingerprint density at radius 1 is 1.44 bits per heavy atom. The van der Waals surface area contributed by atoms with E-state index in [1.807, 2.05) is 6.92 Å². The van der Waals surface area contributed by atoms with Crippen molar-refractivity contribution in [3.63, 3.8) is 0 Å². The first-order valence-electron chi connectivity index (χ1n) is 5.80. The van der Waals surface area contributed by atoms with Gasteiger partial charge in [0.1, 0.15) is 0 Å². The molecule has 1 atom stereocenters. The molecule has 1 amide bonds.